The second kappa shape index (κ2) is 6.26. The number of hydrogen-bond donors (Lipinski definition) is 0. The Balaban J connectivity index is 2.49. The summed E-state index contributed by atoms with van der Waals surface area (Å²) in [4.78, 5) is 30.1. The molecule has 0 unspecified atom stereocenters. The van der Waals surface area contributed by atoms with Crippen molar-refractivity contribution in [3.8, 4) is 5.95 Å². The number of rotatable bonds is 4. The molecule has 0 atom stereocenters. The minimum absolute atomic E-state index is 0.302. The molecular formula is C18H26N6O2. The predicted octanol–water partition coefficient (Wildman–Crippen LogP) is 1.68. The normalized spacial score (nSPS) is 11.8. The molecule has 0 fully saturated rings. The minimum Gasteiger partial charge on any atom is -0.302 e. The van der Waals surface area contributed by atoms with Gasteiger partial charge in [-0.25, -0.2) is 9.48 Å². The van der Waals surface area contributed by atoms with E-state index in [1.54, 1.807) is 18.7 Å². The van der Waals surface area contributed by atoms with Crippen molar-refractivity contribution in [2.75, 3.05) is 0 Å². The molecule has 3 aromatic heterocycles. The highest BCUT2D eigenvalue weighted by Gasteiger charge is 2.23. The van der Waals surface area contributed by atoms with Crippen LogP contribution in [0.3, 0.4) is 0 Å². The summed E-state index contributed by atoms with van der Waals surface area (Å²) in [5, 5.41) is 4.60. The molecule has 0 N–H and O–H groups in total. The number of aryl methyl sites for hydroxylation is 2. The minimum atomic E-state index is -0.352. The second-order valence-electron chi connectivity index (χ2n) is 7.19. The summed E-state index contributed by atoms with van der Waals surface area (Å²) >= 11 is 0. The van der Waals surface area contributed by atoms with Gasteiger partial charge in [0.05, 0.1) is 5.69 Å². The third kappa shape index (κ3) is 2.51. The lowest BCUT2D eigenvalue weighted by Gasteiger charge is -2.13. The lowest BCUT2D eigenvalue weighted by Crippen LogP contribution is -2.39. The smallest absolute Gasteiger partial charge is 0.302 e. The van der Waals surface area contributed by atoms with Gasteiger partial charge in [-0.2, -0.15) is 10.1 Å². The number of nitrogens with zero attached hydrogens (tertiary/aromatic N) is 6. The van der Waals surface area contributed by atoms with Gasteiger partial charge in [0.1, 0.15) is 0 Å². The summed E-state index contributed by atoms with van der Waals surface area (Å²) in [6.45, 7) is 12.9. The summed E-state index contributed by atoms with van der Waals surface area (Å²) < 4.78 is 6.36. The third-order valence-corrected chi connectivity index (χ3v) is 4.92. The summed E-state index contributed by atoms with van der Waals surface area (Å²) in [5.41, 5.74) is 3.18. The molecule has 0 amide bonds. The molecule has 0 spiro atoms. The van der Waals surface area contributed by atoms with Crippen molar-refractivity contribution in [2.24, 2.45) is 13.0 Å². The van der Waals surface area contributed by atoms with E-state index in [-0.39, 0.29) is 11.2 Å². The molecule has 0 saturated heterocycles. The lowest BCUT2D eigenvalue weighted by molar-refractivity contribution is 0.516. The Morgan fingerprint density at radius 1 is 1.08 bits per heavy atom. The van der Waals surface area contributed by atoms with Crippen molar-refractivity contribution in [3.05, 3.63) is 37.8 Å². The second-order valence-corrected chi connectivity index (χ2v) is 7.19. The molecular weight excluding hydrogens is 332 g/mol. The van der Waals surface area contributed by atoms with Crippen LogP contribution in [-0.4, -0.2) is 28.5 Å². The molecule has 3 heterocycles. The molecule has 0 bridgehead atoms. The van der Waals surface area contributed by atoms with Crippen molar-refractivity contribution in [1.82, 2.24) is 28.5 Å². The van der Waals surface area contributed by atoms with Crippen molar-refractivity contribution in [2.45, 2.75) is 54.6 Å². The van der Waals surface area contributed by atoms with Gasteiger partial charge >= 0.3 is 5.69 Å². The number of imidazole rings is 1. The van der Waals surface area contributed by atoms with Gasteiger partial charge in [0.15, 0.2) is 11.2 Å². The van der Waals surface area contributed by atoms with Gasteiger partial charge in [-0.1, -0.05) is 13.8 Å². The molecule has 0 aromatic carbocycles. The first-order valence-electron chi connectivity index (χ1n) is 8.92. The van der Waals surface area contributed by atoms with Crippen LogP contribution in [-0.2, 0) is 20.1 Å². The first-order chi connectivity index (χ1) is 12.2. The van der Waals surface area contributed by atoms with E-state index in [9.17, 15) is 9.59 Å². The first-order valence-corrected chi connectivity index (χ1v) is 8.92. The Bertz CT molecular complexity index is 1110. The van der Waals surface area contributed by atoms with Gasteiger partial charge in [0.25, 0.3) is 5.56 Å². The van der Waals surface area contributed by atoms with Crippen LogP contribution >= 0.6 is 0 Å². The summed E-state index contributed by atoms with van der Waals surface area (Å²) in [6.07, 6.45) is 0. The van der Waals surface area contributed by atoms with Gasteiger partial charge in [0.2, 0.25) is 5.95 Å². The molecule has 3 rings (SSSR count). The monoisotopic (exact) mass is 358 g/mol. The van der Waals surface area contributed by atoms with Crippen LogP contribution < -0.4 is 11.2 Å². The Hall–Kier alpha value is -2.64. The fourth-order valence-electron chi connectivity index (χ4n) is 3.25. The van der Waals surface area contributed by atoms with E-state index in [4.69, 9.17) is 0 Å². The van der Waals surface area contributed by atoms with Crippen molar-refractivity contribution >= 4 is 11.2 Å². The van der Waals surface area contributed by atoms with Gasteiger partial charge in [0, 0.05) is 25.8 Å². The van der Waals surface area contributed by atoms with Crippen LogP contribution in [0.1, 0.15) is 37.7 Å². The van der Waals surface area contributed by atoms with E-state index in [2.05, 4.69) is 23.9 Å². The summed E-state index contributed by atoms with van der Waals surface area (Å²) in [5.74, 6) is 0.874. The largest absolute Gasteiger partial charge is 0.332 e. The fourth-order valence-corrected chi connectivity index (χ4v) is 3.25. The van der Waals surface area contributed by atoms with Crippen LogP contribution in [0.2, 0.25) is 0 Å². The quantitative estimate of drug-likeness (QED) is 0.711. The zero-order valence-corrected chi connectivity index (χ0v) is 16.5. The van der Waals surface area contributed by atoms with Crippen molar-refractivity contribution in [3.63, 3.8) is 0 Å². The van der Waals surface area contributed by atoms with E-state index in [0.717, 1.165) is 17.0 Å². The zero-order valence-electron chi connectivity index (χ0n) is 16.5. The van der Waals surface area contributed by atoms with E-state index in [1.165, 1.54) is 9.13 Å². The number of hydrogen-bond acceptors (Lipinski definition) is 4. The topological polar surface area (TPSA) is 79.6 Å². The lowest BCUT2D eigenvalue weighted by atomic mass is 10.2. The Kier molecular flexibility index (Phi) is 4.37. The average molecular weight is 358 g/mol. The van der Waals surface area contributed by atoms with E-state index >= 15 is 0 Å². The van der Waals surface area contributed by atoms with Crippen molar-refractivity contribution < 1.29 is 0 Å². The molecule has 0 radical (unpaired) electrons. The van der Waals surface area contributed by atoms with Crippen LogP contribution in [0, 0.1) is 26.7 Å². The summed E-state index contributed by atoms with van der Waals surface area (Å²) in [6, 6.07) is 0. The molecule has 0 aliphatic rings. The predicted molar refractivity (Wildman–Crippen MR) is 101 cm³/mol. The maximum Gasteiger partial charge on any atom is 0.332 e. The molecule has 8 heteroatoms. The Morgan fingerprint density at radius 3 is 2.23 bits per heavy atom. The highest BCUT2D eigenvalue weighted by molar-refractivity contribution is 5.72. The highest BCUT2D eigenvalue weighted by Crippen LogP contribution is 2.21. The molecule has 26 heavy (non-hydrogen) atoms. The SMILES string of the molecule is CCn1c(=O)c2c(nc(-n3nc(C)c(C)c3C)n2CC(C)C)n(C)c1=O. The first kappa shape index (κ1) is 18.2. The van der Waals surface area contributed by atoms with Gasteiger partial charge in [-0.05, 0) is 39.2 Å². The van der Waals surface area contributed by atoms with Crippen LogP contribution in [0.25, 0.3) is 17.1 Å². The highest BCUT2D eigenvalue weighted by atomic mass is 16.2. The summed E-state index contributed by atoms with van der Waals surface area (Å²) in [7, 11) is 1.65. The van der Waals surface area contributed by atoms with Crippen LogP contribution in [0.4, 0.5) is 0 Å². The van der Waals surface area contributed by atoms with E-state index in [0.29, 0.717) is 36.1 Å². The Labute approximate surface area is 151 Å². The molecule has 0 saturated carbocycles. The van der Waals surface area contributed by atoms with Gasteiger partial charge in [-0.3, -0.25) is 13.9 Å². The number of aromatic nitrogens is 6. The van der Waals surface area contributed by atoms with E-state index in [1.807, 2.05) is 25.3 Å². The number of fused-ring (bicyclic) bond motifs is 1. The molecule has 140 valence electrons. The standard InChI is InChI=1S/C18H26N6O2/c1-8-22-16(25)14-15(21(7)18(22)26)19-17(23(14)9-10(2)3)24-13(6)11(4)12(5)20-24/h10H,8-9H2,1-7H3. The maximum absolute atomic E-state index is 13.0. The zero-order chi connectivity index (χ0) is 19.3. The van der Waals surface area contributed by atoms with Crippen molar-refractivity contribution in [1.29, 1.82) is 0 Å². The van der Waals surface area contributed by atoms with Gasteiger partial charge in [-0.15, -0.1) is 0 Å². The molecule has 0 aliphatic heterocycles. The van der Waals surface area contributed by atoms with Crippen LogP contribution in [0.15, 0.2) is 9.59 Å². The van der Waals surface area contributed by atoms with Gasteiger partial charge < -0.3 is 4.57 Å². The fraction of sp³-hybridized carbons (Fsp3) is 0.556. The van der Waals surface area contributed by atoms with E-state index < -0.39 is 0 Å². The molecule has 3 aromatic rings. The van der Waals surface area contributed by atoms with Crippen LogP contribution in [0.5, 0.6) is 0 Å². The Morgan fingerprint density at radius 2 is 1.73 bits per heavy atom. The third-order valence-electron chi connectivity index (χ3n) is 4.92. The average Bonchev–Trinajstić information content (AvgIpc) is 3.06. The maximum atomic E-state index is 13.0. The molecule has 0 aliphatic carbocycles. The molecule has 8 nitrogen and oxygen atoms in total.